The average Bonchev–Trinajstić information content (AvgIpc) is 3.21. The third kappa shape index (κ3) is 4.45. The van der Waals surface area contributed by atoms with Gasteiger partial charge in [0.15, 0.2) is 0 Å². The molecular weight excluding hydrogens is 381 g/mol. The Kier molecular flexibility index (Phi) is 5.39. The highest BCUT2D eigenvalue weighted by molar-refractivity contribution is 6.00. The number of pyridine rings is 1. The lowest BCUT2D eigenvalue weighted by atomic mass is 10.1. The molecule has 0 bridgehead atoms. The van der Waals surface area contributed by atoms with Crippen molar-refractivity contribution >= 4 is 28.3 Å². The van der Waals surface area contributed by atoms with E-state index in [-0.39, 0.29) is 5.69 Å². The highest BCUT2D eigenvalue weighted by Gasteiger charge is 2.07. The largest absolute Gasteiger partial charge is 0.323 e. The molecule has 0 fully saturated rings. The number of carbonyl (C=O) groups is 1. The van der Waals surface area contributed by atoms with Crippen LogP contribution < -0.4 is 10.6 Å². The van der Waals surface area contributed by atoms with E-state index in [4.69, 9.17) is 0 Å². The van der Waals surface area contributed by atoms with Crippen LogP contribution in [0.25, 0.3) is 10.9 Å². The first-order chi connectivity index (χ1) is 14.6. The maximum Gasteiger partial charge on any atom is 0.323 e. The highest BCUT2D eigenvalue weighted by atomic mass is 19.1. The molecule has 3 N–H and O–H groups in total. The van der Waals surface area contributed by atoms with Crippen LogP contribution in [0, 0.1) is 24.6 Å². The number of aromatic amines is 1. The summed E-state index contributed by atoms with van der Waals surface area (Å²) in [6.07, 6.45) is 5.78. The van der Waals surface area contributed by atoms with Crippen LogP contribution in [0.2, 0.25) is 0 Å². The molecule has 0 saturated heterocycles. The maximum absolute atomic E-state index is 13.8. The maximum atomic E-state index is 13.8. The Morgan fingerprint density at radius 2 is 2.03 bits per heavy atom. The van der Waals surface area contributed by atoms with Gasteiger partial charge in [0.2, 0.25) is 0 Å². The monoisotopic (exact) mass is 399 g/mol. The summed E-state index contributed by atoms with van der Waals surface area (Å²) in [6.45, 7) is 1.83. The van der Waals surface area contributed by atoms with Gasteiger partial charge in [0.25, 0.3) is 0 Å². The minimum atomic E-state index is -0.526. The van der Waals surface area contributed by atoms with E-state index < -0.39 is 11.8 Å². The molecule has 0 atom stereocenters. The third-order valence-corrected chi connectivity index (χ3v) is 4.45. The molecule has 0 aliphatic carbocycles. The number of anilines is 2. The number of aryl methyl sites for hydroxylation is 1. The number of urea groups is 1. The Balaban J connectivity index is 1.43. The van der Waals surface area contributed by atoms with Crippen molar-refractivity contribution < 1.29 is 9.18 Å². The van der Waals surface area contributed by atoms with Gasteiger partial charge in [0, 0.05) is 29.3 Å². The van der Waals surface area contributed by atoms with Crippen molar-refractivity contribution in [3.05, 3.63) is 83.6 Å². The third-order valence-electron chi connectivity index (χ3n) is 4.45. The van der Waals surface area contributed by atoms with E-state index in [0.717, 1.165) is 27.6 Å². The lowest BCUT2D eigenvalue weighted by molar-refractivity contribution is 0.262. The van der Waals surface area contributed by atoms with Crippen molar-refractivity contribution in [1.29, 1.82) is 0 Å². The molecule has 2 heterocycles. The zero-order valence-electron chi connectivity index (χ0n) is 16.2. The standard InChI is InChI=1S/C23H18FN5O/c1-15-8-9-20(24)21(10-15)28-23(30)27-18-7-3-5-16(11-18)4-2-6-17-12-25-14-22-19(17)13-26-29-22/h3,5,7-14H,6H2,1H3,(H,26,29)(H2,27,28,30). The van der Waals surface area contributed by atoms with Crippen molar-refractivity contribution in [2.75, 3.05) is 10.6 Å². The molecule has 2 aromatic heterocycles. The summed E-state index contributed by atoms with van der Waals surface area (Å²) >= 11 is 0. The number of hydrogen-bond acceptors (Lipinski definition) is 3. The molecule has 6 nitrogen and oxygen atoms in total. The molecule has 148 valence electrons. The predicted molar refractivity (Wildman–Crippen MR) is 115 cm³/mol. The van der Waals surface area contributed by atoms with E-state index in [1.54, 1.807) is 48.9 Å². The van der Waals surface area contributed by atoms with Crippen molar-refractivity contribution in [3.63, 3.8) is 0 Å². The lowest BCUT2D eigenvalue weighted by Crippen LogP contribution is -2.20. The quantitative estimate of drug-likeness (QED) is 0.439. The number of nitrogens with one attached hydrogen (secondary N) is 3. The second-order valence-electron chi connectivity index (χ2n) is 6.75. The van der Waals surface area contributed by atoms with Gasteiger partial charge in [-0.25, -0.2) is 9.18 Å². The number of aromatic nitrogens is 3. The van der Waals surface area contributed by atoms with Crippen molar-refractivity contribution in [2.24, 2.45) is 0 Å². The molecule has 0 aliphatic rings. The zero-order chi connectivity index (χ0) is 20.9. The first-order valence-electron chi connectivity index (χ1n) is 9.27. The number of nitrogens with zero attached hydrogens (tertiary/aromatic N) is 2. The number of fused-ring (bicyclic) bond motifs is 1. The Hall–Kier alpha value is -4.18. The Morgan fingerprint density at radius 1 is 1.13 bits per heavy atom. The molecule has 2 aromatic carbocycles. The van der Waals surface area contributed by atoms with E-state index in [9.17, 15) is 9.18 Å². The van der Waals surface area contributed by atoms with Crippen LogP contribution in [0.15, 0.2) is 61.1 Å². The van der Waals surface area contributed by atoms with Gasteiger partial charge in [0.1, 0.15) is 5.82 Å². The van der Waals surface area contributed by atoms with Crippen LogP contribution in [0.1, 0.15) is 16.7 Å². The van der Waals surface area contributed by atoms with Gasteiger partial charge in [-0.3, -0.25) is 10.1 Å². The summed E-state index contributed by atoms with van der Waals surface area (Å²) in [5.41, 5.74) is 4.16. The molecule has 4 aromatic rings. The van der Waals surface area contributed by atoms with Crippen LogP contribution in [0.4, 0.5) is 20.6 Å². The van der Waals surface area contributed by atoms with Gasteiger partial charge in [-0.15, -0.1) is 0 Å². The molecule has 0 unspecified atom stereocenters. The Morgan fingerprint density at radius 3 is 2.93 bits per heavy atom. The van der Waals surface area contributed by atoms with Crippen LogP contribution >= 0.6 is 0 Å². The van der Waals surface area contributed by atoms with Gasteiger partial charge < -0.3 is 10.6 Å². The fourth-order valence-electron chi connectivity index (χ4n) is 3.00. The molecule has 4 rings (SSSR count). The highest BCUT2D eigenvalue weighted by Crippen LogP contribution is 2.17. The first-order valence-corrected chi connectivity index (χ1v) is 9.27. The van der Waals surface area contributed by atoms with E-state index in [1.165, 1.54) is 6.07 Å². The topological polar surface area (TPSA) is 82.7 Å². The smallest absolute Gasteiger partial charge is 0.308 e. The summed E-state index contributed by atoms with van der Waals surface area (Å²) in [5.74, 6) is 5.73. The molecule has 0 spiro atoms. The summed E-state index contributed by atoms with van der Waals surface area (Å²) in [6, 6.07) is 11.2. The van der Waals surface area contributed by atoms with Crippen LogP contribution in [0.3, 0.4) is 0 Å². The SMILES string of the molecule is Cc1ccc(F)c(NC(=O)Nc2cccc(C#CCc3cncc4[nH]ncc34)c2)c1. The van der Waals surface area contributed by atoms with Gasteiger partial charge in [-0.05, 0) is 48.4 Å². The van der Waals surface area contributed by atoms with Gasteiger partial charge in [0.05, 0.1) is 23.6 Å². The lowest BCUT2D eigenvalue weighted by Gasteiger charge is -2.09. The minimum Gasteiger partial charge on any atom is -0.308 e. The molecule has 30 heavy (non-hydrogen) atoms. The number of benzene rings is 2. The Bertz CT molecular complexity index is 1290. The summed E-state index contributed by atoms with van der Waals surface area (Å²) in [4.78, 5) is 16.4. The van der Waals surface area contributed by atoms with Crippen LogP contribution in [0.5, 0.6) is 0 Å². The van der Waals surface area contributed by atoms with Crippen LogP contribution in [-0.4, -0.2) is 21.2 Å². The predicted octanol–water partition coefficient (Wildman–Crippen LogP) is 4.64. The molecule has 0 radical (unpaired) electrons. The zero-order valence-corrected chi connectivity index (χ0v) is 16.2. The number of amides is 2. The second-order valence-corrected chi connectivity index (χ2v) is 6.75. The van der Waals surface area contributed by atoms with Crippen LogP contribution in [-0.2, 0) is 6.42 Å². The van der Waals surface area contributed by atoms with Crippen molar-refractivity contribution in [2.45, 2.75) is 13.3 Å². The minimum absolute atomic E-state index is 0.130. The number of hydrogen-bond donors (Lipinski definition) is 3. The average molecular weight is 399 g/mol. The van der Waals surface area contributed by atoms with E-state index >= 15 is 0 Å². The summed E-state index contributed by atoms with van der Waals surface area (Å²) < 4.78 is 13.8. The number of rotatable bonds is 3. The van der Waals surface area contributed by atoms with Gasteiger partial charge >= 0.3 is 6.03 Å². The summed E-state index contributed by atoms with van der Waals surface area (Å²) in [5, 5.41) is 13.1. The molecule has 0 saturated carbocycles. The van der Waals surface area contributed by atoms with Crippen molar-refractivity contribution in [1.82, 2.24) is 15.2 Å². The Labute approximate surface area is 172 Å². The fraction of sp³-hybridized carbons (Fsp3) is 0.0870. The van der Waals surface area contributed by atoms with E-state index in [2.05, 4.69) is 37.7 Å². The van der Waals surface area contributed by atoms with Gasteiger partial charge in [-0.1, -0.05) is 24.0 Å². The number of H-pyrrole nitrogens is 1. The first kappa shape index (κ1) is 19.2. The molecular formula is C23H18FN5O. The van der Waals surface area contributed by atoms with Gasteiger partial charge in [-0.2, -0.15) is 5.10 Å². The number of halogens is 1. The molecule has 2 amide bonds. The van der Waals surface area contributed by atoms with E-state index in [1.807, 2.05) is 13.0 Å². The van der Waals surface area contributed by atoms with E-state index in [0.29, 0.717) is 12.1 Å². The summed E-state index contributed by atoms with van der Waals surface area (Å²) in [7, 11) is 0. The normalized spacial score (nSPS) is 10.3. The molecule has 0 aliphatic heterocycles. The molecule has 7 heteroatoms. The fourth-order valence-corrected chi connectivity index (χ4v) is 3.00. The van der Waals surface area contributed by atoms with Crippen molar-refractivity contribution in [3.8, 4) is 11.8 Å². The number of carbonyl (C=O) groups excluding carboxylic acids is 1. The second kappa shape index (κ2) is 8.45.